The van der Waals surface area contributed by atoms with Gasteiger partial charge in [0.15, 0.2) is 0 Å². The number of hydrogen-bond donors (Lipinski definition) is 1. The maximum Gasteiger partial charge on any atom is 0.252 e. The molecule has 23 heavy (non-hydrogen) atoms. The zero-order chi connectivity index (χ0) is 16.6. The Hall–Kier alpha value is -0.480. The summed E-state index contributed by atoms with van der Waals surface area (Å²) in [6.07, 6.45) is 2.14. The van der Waals surface area contributed by atoms with Gasteiger partial charge in [-0.15, -0.1) is 11.3 Å². The predicted molar refractivity (Wildman–Crippen MR) is 93.0 cm³/mol. The maximum atomic E-state index is 12.6. The molecule has 1 aromatic rings. The van der Waals surface area contributed by atoms with Crippen molar-refractivity contribution >= 4 is 43.2 Å². The number of carbonyl (C=O) groups excluding carboxylic acids is 1. The van der Waals surface area contributed by atoms with Crippen molar-refractivity contribution < 1.29 is 13.2 Å². The van der Waals surface area contributed by atoms with Gasteiger partial charge in [0, 0.05) is 32.2 Å². The van der Waals surface area contributed by atoms with Crippen molar-refractivity contribution in [1.82, 2.24) is 14.5 Å². The van der Waals surface area contributed by atoms with Crippen molar-refractivity contribution in [1.29, 1.82) is 0 Å². The van der Waals surface area contributed by atoms with Crippen LogP contribution in [0.2, 0.25) is 0 Å². The van der Waals surface area contributed by atoms with E-state index in [2.05, 4.69) is 21.2 Å². The number of sulfonamides is 1. The Bertz CT molecular complexity index is 679. The van der Waals surface area contributed by atoms with Gasteiger partial charge in [-0.25, -0.2) is 8.42 Å². The molecule has 2 heterocycles. The van der Waals surface area contributed by atoms with E-state index in [1.807, 2.05) is 11.8 Å². The molecule has 1 saturated heterocycles. The minimum Gasteiger partial charge on any atom is -0.352 e. The van der Waals surface area contributed by atoms with E-state index in [1.54, 1.807) is 12.1 Å². The lowest BCUT2D eigenvalue weighted by Gasteiger charge is -2.36. The Morgan fingerprint density at radius 3 is 2.48 bits per heavy atom. The molecule has 0 radical (unpaired) electrons. The van der Waals surface area contributed by atoms with E-state index >= 15 is 0 Å². The molecule has 128 valence electrons. The van der Waals surface area contributed by atoms with Gasteiger partial charge >= 0.3 is 0 Å². The SMILES string of the molecule is CC(C(=O)NC1CC1)N1CCN(S(=O)(=O)c2ccc(Br)s2)CC1. The van der Waals surface area contributed by atoms with Crippen LogP contribution in [-0.4, -0.2) is 61.8 Å². The monoisotopic (exact) mass is 421 g/mol. The van der Waals surface area contributed by atoms with Crippen molar-refractivity contribution in [2.45, 2.75) is 36.1 Å². The molecule has 6 nitrogen and oxygen atoms in total. The zero-order valence-electron chi connectivity index (χ0n) is 12.9. The van der Waals surface area contributed by atoms with Crippen molar-refractivity contribution in [3.63, 3.8) is 0 Å². The second-order valence-electron chi connectivity index (χ2n) is 5.96. The molecule has 1 N–H and O–H groups in total. The van der Waals surface area contributed by atoms with Crippen LogP contribution in [0.25, 0.3) is 0 Å². The van der Waals surface area contributed by atoms with Crippen LogP contribution in [0.4, 0.5) is 0 Å². The average Bonchev–Trinajstić information content (AvgIpc) is 3.23. The minimum absolute atomic E-state index is 0.0472. The topological polar surface area (TPSA) is 69.7 Å². The van der Waals surface area contributed by atoms with Gasteiger partial charge in [0.05, 0.1) is 9.83 Å². The van der Waals surface area contributed by atoms with Crippen molar-refractivity contribution in [3.05, 3.63) is 15.9 Å². The smallest absolute Gasteiger partial charge is 0.252 e. The van der Waals surface area contributed by atoms with E-state index < -0.39 is 10.0 Å². The first-order valence-corrected chi connectivity index (χ1v) is 10.7. The van der Waals surface area contributed by atoms with E-state index in [-0.39, 0.29) is 11.9 Å². The van der Waals surface area contributed by atoms with Crippen molar-refractivity contribution in [3.8, 4) is 0 Å². The largest absolute Gasteiger partial charge is 0.352 e. The van der Waals surface area contributed by atoms with E-state index in [0.717, 1.165) is 16.6 Å². The molecule has 2 aliphatic rings. The van der Waals surface area contributed by atoms with Crippen LogP contribution in [0.1, 0.15) is 19.8 Å². The van der Waals surface area contributed by atoms with E-state index in [0.29, 0.717) is 36.4 Å². The normalized spacial score (nSPS) is 22.0. The van der Waals surface area contributed by atoms with Crippen molar-refractivity contribution in [2.75, 3.05) is 26.2 Å². The summed E-state index contributed by atoms with van der Waals surface area (Å²) in [4.78, 5) is 14.2. The third-order valence-corrected chi connectivity index (χ3v) is 8.26. The van der Waals surface area contributed by atoms with Crippen LogP contribution in [0.5, 0.6) is 0 Å². The lowest BCUT2D eigenvalue weighted by atomic mass is 10.2. The molecule has 2 fully saturated rings. The lowest BCUT2D eigenvalue weighted by Crippen LogP contribution is -2.55. The molecule has 3 rings (SSSR count). The number of nitrogens with one attached hydrogen (secondary N) is 1. The van der Waals surface area contributed by atoms with Crippen LogP contribution >= 0.6 is 27.3 Å². The molecular weight excluding hydrogens is 402 g/mol. The van der Waals surface area contributed by atoms with Crippen LogP contribution in [0, 0.1) is 0 Å². The molecule has 1 unspecified atom stereocenters. The summed E-state index contributed by atoms with van der Waals surface area (Å²) in [5.41, 5.74) is 0. The van der Waals surface area contributed by atoms with Gasteiger partial charge in [0.2, 0.25) is 5.91 Å². The Balaban J connectivity index is 1.58. The average molecular weight is 422 g/mol. The van der Waals surface area contributed by atoms with Crippen LogP contribution in [-0.2, 0) is 14.8 Å². The highest BCUT2D eigenvalue weighted by molar-refractivity contribution is 9.11. The Morgan fingerprint density at radius 2 is 1.96 bits per heavy atom. The summed E-state index contributed by atoms with van der Waals surface area (Å²) in [6.45, 7) is 3.87. The molecule has 1 atom stereocenters. The third kappa shape index (κ3) is 3.96. The van der Waals surface area contributed by atoms with Gasteiger partial charge in [-0.3, -0.25) is 9.69 Å². The quantitative estimate of drug-likeness (QED) is 0.781. The number of hydrogen-bond acceptors (Lipinski definition) is 5. The molecule has 9 heteroatoms. The van der Waals surface area contributed by atoms with Gasteiger partial charge in [-0.2, -0.15) is 4.31 Å². The number of halogens is 1. The molecule has 1 aliphatic carbocycles. The fraction of sp³-hybridized carbons (Fsp3) is 0.643. The van der Waals surface area contributed by atoms with Gasteiger partial charge in [-0.05, 0) is 47.8 Å². The van der Waals surface area contributed by atoms with Gasteiger partial charge < -0.3 is 5.32 Å². The number of piperazine rings is 1. The van der Waals surface area contributed by atoms with E-state index in [4.69, 9.17) is 0 Å². The molecule has 0 bridgehead atoms. The summed E-state index contributed by atoms with van der Waals surface area (Å²) in [6, 6.07) is 3.51. The maximum absolute atomic E-state index is 12.6. The minimum atomic E-state index is -3.42. The first-order chi connectivity index (χ1) is 10.9. The molecule has 1 aliphatic heterocycles. The van der Waals surface area contributed by atoms with Crippen LogP contribution in [0.3, 0.4) is 0 Å². The first kappa shape index (κ1) is 17.3. The highest BCUT2D eigenvalue weighted by Gasteiger charge is 2.33. The summed E-state index contributed by atoms with van der Waals surface area (Å²) in [5, 5.41) is 3.00. The number of nitrogens with zero attached hydrogens (tertiary/aromatic N) is 2. The fourth-order valence-corrected chi connectivity index (χ4v) is 6.20. The second kappa shape index (κ2) is 6.79. The Morgan fingerprint density at radius 1 is 1.30 bits per heavy atom. The zero-order valence-corrected chi connectivity index (χ0v) is 16.1. The van der Waals surface area contributed by atoms with E-state index in [9.17, 15) is 13.2 Å². The van der Waals surface area contributed by atoms with Crippen molar-refractivity contribution in [2.24, 2.45) is 0 Å². The van der Waals surface area contributed by atoms with Gasteiger partial charge in [-0.1, -0.05) is 0 Å². The van der Waals surface area contributed by atoms with E-state index in [1.165, 1.54) is 15.6 Å². The summed E-state index contributed by atoms with van der Waals surface area (Å²) >= 11 is 4.52. The molecular formula is C14H20BrN3O3S2. The van der Waals surface area contributed by atoms with Crippen LogP contribution < -0.4 is 5.32 Å². The van der Waals surface area contributed by atoms with Gasteiger partial charge in [0.25, 0.3) is 10.0 Å². The standard InChI is InChI=1S/C14H20BrN3O3S2/c1-10(14(19)16-11-2-3-11)17-6-8-18(9-7-17)23(20,21)13-5-4-12(15)22-13/h4-5,10-11H,2-3,6-9H2,1H3,(H,16,19). The molecule has 1 saturated carbocycles. The highest BCUT2D eigenvalue weighted by atomic mass is 79.9. The number of amides is 1. The summed E-state index contributed by atoms with van der Waals surface area (Å²) < 4.78 is 27.8. The molecule has 1 amide bonds. The van der Waals surface area contributed by atoms with Crippen LogP contribution in [0.15, 0.2) is 20.1 Å². The number of rotatable bonds is 5. The first-order valence-electron chi connectivity index (χ1n) is 7.68. The molecule has 0 aromatic carbocycles. The molecule has 1 aromatic heterocycles. The van der Waals surface area contributed by atoms with Gasteiger partial charge in [0.1, 0.15) is 4.21 Å². The lowest BCUT2D eigenvalue weighted by molar-refractivity contribution is -0.126. The Labute approximate surface area is 149 Å². The summed E-state index contributed by atoms with van der Waals surface area (Å²) in [5.74, 6) is 0.0472. The fourth-order valence-electron chi connectivity index (χ4n) is 2.61. The highest BCUT2D eigenvalue weighted by Crippen LogP contribution is 2.29. The Kier molecular flexibility index (Phi) is 5.12. The predicted octanol–water partition coefficient (Wildman–Crippen LogP) is 1.48. The molecule has 0 spiro atoms. The number of thiophene rings is 1. The second-order valence-corrected chi connectivity index (χ2v) is 10.6. The number of carbonyl (C=O) groups is 1. The third-order valence-electron chi connectivity index (χ3n) is 4.27. The summed E-state index contributed by atoms with van der Waals surface area (Å²) in [7, 11) is -3.42.